The summed E-state index contributed by atoms with van der Waals surface area (Å²) in [5, 5.41) is 6.65. The van der Waals surface area contributed by atoms with Crippen LogP contribution in [0.1, 0.15) is 69.3 Å². The number of rotatable bonds is 4. The molecule has 1 saturated carbocycles. The molecule has 0 amide bonds. The van der Waals surface area contributed by atoms with E-state index in [4.69, 9.17) is 26.1 Å². The van der Waals surface area contributed by atoms with Crippen molar-refractivity contribution in [1.29, 1.82) is 0 Å². The first kappa shape index (κ1) is 31.2. The van der Waals surface area contributed by atoms with Crippen molar-refractivity contribution in [2.24, 2.45) is 0 Å². The average Bonchev–Trinajstić information content (AvgIpc) is 3.65. The van der Waals surface area contributed by atoms with Crippen LogP contribution in [0.3, 0.4) is 0 Å². The first-order chi connectivity index (χ1) is 22.4. The third-order valence-corrected chi connectivity index (χ3v) is 12.5. The van der Waals surface area contributed by atoms with Crippen LogP contribution in [0.5, 0.6) is 11.8 Å². The fraction of sp³-hybridized carbons (Fsp3) is 0.545. The Bertz CT molecular complexity index is 1800. The van der Waals surface area contributed by atoms with E-state index in [2.05, 4.69) is 41.9 Å². The largest absolute Gasteiger partial charge is 0.481 e. The number of anilines is 1. The molecular formula is C33H37ClF2IN6O2P. The summed E-state index contributed by atoms with van der Waals surface area (Å²) >= 11 is 9.16. The first-order valence-electron chi connectivity index (χ1n) is 16.4. The van der Waals surface area contributed by atoms with Gasteiger partial charge in [-0.25, -0.2) is 23.2 Å². The van der Waals surface area contributed by atoms with Gasteiger partial charge < -0.3 is 14.4 Å². The molecule has 5 aliphatic rings. The summed E-state index contributed by atoms with van der Waals surface area (Å²) in [4.78, 5) is 14.1. The number of pyridine rings is 2. The summed E-state index contributed by atoms with van der Waals surface area (Å²) in [6, 6.07) is 4.66. The second kappa shape index (κ2) is 12.7. The lowest BCUT2D eigenvalue weighted by Gasteiger charge is -2.30. The molecule has 7 heterocycles. The number of benzene rings is 1. The Kier molecular flexibility index (Phi) is 8.65. The number of nitrogens with zero attached hydrogens (tertiary/aromatic N) is 6. The maximum absolute atomic E-state index is 16.7. The van der Waals surface area contributed by atoms with E-state index in [0.29, 0.717) is 53.3 Å². The second-order valence-corrected chi connectivity index (χ2v) is 15.6. The molecule has 4 atom stereocenters. The number of aromatic nitrogens is 4. The van der Waals surface area contributed by atoms with Crippen LogP contribution in [0.15, 0.2) is 18.3 Å². The number of hydrogen-bond acceptors (Lipinski definition) is 7. The van der Waals surface area contributed by atoms with Gasteiger partial charge in [0.1, 0.15) is 24.0 Å². The summed E-state index contributed by atoms with van der Waals surface area (Å²) in [5.74, 6) is 0.598. The minimum Gasteiger partial charge on any atom is -0.481 e. The molecule has 46 heavy (non-hydrogen) atoms. The normalized spacial score (nSPS) is 24.5. The Hall–Kier alpha value is -2.08. The minimum atomic E-state index is -0.518. The molecule has 0 radical (unpaired) electrons. The molecule has 9 rings (SSSR count). The van der Waals surface area contributed by atoms with Crippen molar-refractivity contribution >= 4 is 67.5 Å². The highest BCUT2D eigenvalue weighted by atomic mass is 127. The molecular weight excluding hydrogens is 744 g/mol. The van der Waals surface area contributed by atoms with Crippen LogP contribution in [0.2, 0.25) is 5.02 Å². The molecule has 1 aliphatic carbocycles. The molecule has 0 spiro atoms. The summed E-state index contributed by atoms with van der Waals surface area (Å²) in [7, 11) is 1.57. The van der Waals surface area contributed by atoms with Crippen molar-refractivity contribution in [2.75, 3.05) is 38.3 Å². The lowest BCUT2D eigenvalue weighted by molar-refractivity contribution is 0.275. The molecule has 3 aromatic heterocycles. The van der Waals surface area contributed by atoms with Gasteiger partial charge in [0.15, 0.2) is 5.82 Å². The van der Waals surface area contributed by atoms with E-state index in [0.717, 1.165) is 73.8 Å². The number of methoxy groups -OCH3 is 1. The van der Waals surface area contributed by atoms with E-state index in [1.54, 1.807) is 13.3 Å². The number of halogens is 4. The fourth-order valence-electron chi connectivity index (χ4n) is 7.91. The molecule has 4 unspecified atom stereocenters. The zero-order valence-electron chi connectivity index (χ0n) is 25.7. The Morgan fingerprint density at radius 3 is 2.70 bits per heavy atom. The van der Waals surface area contributed by atoms with Crippen LogP contribution in [-0.2, 0) is 0 Å². The van der Waals surface area contributed by atoms with Gasteiger partial charge >= 0.3 is 0 Å². The smallest absolute Gasteiger partial charge is 0.225 e. The lowest BCUT2D eigenvalue weighted by atomic mass is 9.95. The fourth-order valence-corrected chi connectivity index (χ4v) is 9.80. The van der Waals surface area contributed by atoms with Crippen LogP contribution in [0.25, 0.3) is 33.1 Å². The van der Waals surface area contributed by atoms with E-state index >= 15 is 4.39 Å². The molecule has 13 heteroatoms. The van der Waals surface area contributed by atoms with Crippen molar-refractivity contribution < 1.29 is 18.3 Å². The third kappa shape index (κ3) is 5.50. The topological polar surface area (TPSA) is 68.5 Å². The maximum Gasteiger partial charge on any atom is 0.225 e. The molecule has 0 N–H and O–H groups in total. The van der Waals surface area contributed by atoms with Crippen LogP contribution >= 0.6 is 40.0 Å². The summed E-state index contributed by atoms with van der Waals surface area (Å²) in [6.07, 6.45) is 11.5. The van der Waals surface area contributed by atoms with Gasteiger partial charge in [-0.05, 0) is 91.1 Å². The number of ether oxygens (including phenoxy) is 2. The number of alkyl halides is 1. The average molecular weight is 781 g/mol. The Morgan fingerprint density at radius 2 is 1.91 bits per heavy atom. The molecule has 3 saturated heterocycles. The van der Waals surface area contributed by atoms with Gasteiger partial charge in [-0.3, -0.25) is 4.90 Å². The van der Waals surface area contributed by atoms with Gasteiger partial charge in [0, 0.05) is 41.2 Å². The van der Waals surface area contributed by atoms with Crippen molar-refractivity contribution in [3.63, 3.8) is 0 Å². The van der Waals surface area contributed by atoms with E-state index in [1.807, 2.05) is 16.6 Å². The van der Waals surface area contributed by atoms with Crippen molar-refractivity contribution in [3.05, 3.63) is 34.7 Å². The molecule has 1 aromatic carbocycles. The van der Waals surface area contributed by atoms with Gasteiger partial charge in [-0.15, -0.1) is 0 Å². The third-order valence-electron chi connectivity index (χ3n) is 10.3. The first-order valence-corrected chi connectivity index (χ1v) is 20.8. The highest BCUT2D eigenvalue weighted by Crippen LogP contribution is 2.52. The number of fused-ring (bicyclic) bond motifs is 4. The van der Waals surface area contributed by atoms with Crippen molar-refractivity contribution in [2.45, 2.75) is 82.0 Å². The van der Waals surface area contributed by atoms with Gasteiger partial charge in [0.2, 0.25) is 11.8 Å². The lowest BCUT2D eigenvalue weighted by Crippen LogP contribution is -2.38. The summed E-state index contributed by atoms with van der Waals surface area (Å²) < 4.78 is 43.1. The summed E-state index contributed by atoms with van der Waals surface area (Å²) in [6.45, 7) is 3.24. The zero-order chi connectivity index (χ0) is 31.5. The van der Waals surface area contributed by atoms with Gasteiger partial charge in [-0.2, -0.15) is 5.10 Å². The van der Waals surface area contributed by atoms with Crippen LogP contribution in [0, 0.1) is 5.82 Å². The summed E-state index contributed by atoms with van der Waals surface area (Å²) in [5.41, 5.74) is 3.84. The SMILES string of the molecule is COc1cc2c3c(nc(-c4c(C5CC5)c(Cl)cc5c4cnn5PI)c(F)c3n1)OCC1CCCCCN21.FC1CC2CCCN2C1. The van der Waals surface area contributed by atoms with E-state index in [9.17, 15) is 4.39 Å². The molecule has 244 valence electrons. The second-order valence-electron chi connectivity index (χ2n) is 13.1. The Labute approximate surface area is 286 Å². The van der Waals surface area contributed by atoms with Crippen molar-refractivity contribution in [3.8, 4) is 23.0 Å². The van der Waals surface area contributed by atoms with Gasteiger partial charge in [0.05, 0.1) is 42.3 Å². The van der Waals surface area contributed by atoms with Crippen LogP contribution in [-0.4, -0.2) is 76.0 Å². The molecule has 4 aromatic rings. The minimum absolute atomic E-state index is 0.196. The van der Waals surface area contributed by atoms with Crippen molar-refractivity contribution in [1.82, 2.24) is 24.4 Å². The maximum atomic E-state index is 16.7. The van der Waals surface area contributed by atoms with Crippen LogP contribution in [0.4, 0.5) is 14.5 Å². The molecule has 8 nitrogen and oxygen atoms in total. The number of hydrogen-bond donors (Lipinski definition) is 0. The van der Waals surface area contributed by atoms with E-state index < -0.39 is 12.0 Å². The Morgan fingerprint density at radius 1 is 1.07 bits per heavy atom. The quantitative estimate of drug-likeness (QED) is 0.152. The predicted molar refractivity (Wildman–Crippen MR) is 189 cm³/mol. The highest BCUT2D eigenvalue weighted by molar-refractivity contribution is 14.2. The molecule has 0 bridgehead atoms. The van der Waals surface area contributed by atoms with Crippen LogP contribution < -0.4 is 14.4 Å². The van der Waals surface area contributed by atoms with E-state index in [1.165, 1.54) is 19.3 Å². The molecule has 4 fully saturated rings. The predicted octanol–water partition coefficient (Wildman–Crippen LogP) is 8.45. The Balaban J connectivity index is 0.000000297. The zero-order valence-corrected chi connectivity index (χ0v) is 29.7. The van der Waals surface area contributed by atoms with Gasteiger partial charge in [-0.1, -0.05) is 24.4 Å². The highest BCUT2D eigenvalue weighted by Gasteiger charge is 2.36. The standard InChI is InChI=1S/C26H25ClFIN5O2P.C7H12FN/c1-35-19-10-18-22-25(31-19)23(28)24(32-26(22)36-12-14-5-3-2-4-8-33(14)18)21-15-11-30-34(37-29)17(15)9-16(27)20(21)13-6-7-13;8-6-4-7-2-1-3-9(7)5-6/h9-11,13-14,37H,2-8,12H2,1H3;6-7H,1-5H2. The molecule has 4 aliphatic heterocycles. The van der Waals surface area contributed by atoms with Gasteiger partial charge in [0.25, 0.3) is 0 Å². The monoisotopic (exact) mass is 780 g/mol. The van der Waals surface area contributed by atoms with E-state index in [-0.39, 0.29) is 23.2 Å².